The van der Waals surface area contributed by atoms with Crippen molar-refractivity contribution in [2.75, 3.05) is 0 Å². The molecule has 3 heterocycles. The van der Waals surface area contributed by atoms with E-state index in [1.807, 2.05) is 11.3 Å². The molecule has 0 aliphatic carbocycles. The summed E-state index contributed by atoms with van der Waals surface area (Å²) in [6.45, 7) is 0. The summed E-state index contributed by atoms with van der Waals surface area (Å²) in [4.78, 5) is 3.62. The molecule has 0 unspecified atom stereocenters. The summed E-state index contributed by atoms with van der Waals surface area (Å²) in [5.41, 5.74) is 6.06. The van der Waals surface area contributed by atoms with Crippen molar-refractivity contribution >= 4 is 75.1 Å². The van der Waals surface area contributed by atoms with E-state index in [9.17, 15) is 0 Å². The molecule has 0 amide bonds. The van der Waals surface area contributed by atoms with Crippen LogP contribution in [0.5, 0.6) is 0 Å². The van der Waals surface area contributed by atoms with Gasteiger partial charge in [-0.15, -0.1) is 11.3 Å². The third-order valence-electron chi connectivity index (χ3n) is 6.92. The fourth-order valence-electron chi connectivity index (χ4n) is 5.53. The van der Waals surface area contributed by atoms with Gasteiger partial charge in [0.25, 0.3) is 0 Å². The number of H-pyrrole nitrogens is 1. The van der Waals surface area contributed by atoms with E-state index >= 15 is 0 Å². The fraction of sp³-hybridized carbons (Fsp3) is 0. The first kappa shape index (κ1) is 17.5. The highest BCUT2D eigenvalue weighted by atomic mass is 32.1. The van der Waals surface area contributed by atoms with Crippen LogP contribution in [-0.4, -0.2) is 9.55 Å². The van der Waals surface area contributed by atoms with E-state index in [4.69, 9.17) is 0 Å². The zero-order valence-corrected chi connectivity index (χ0v) is 18.5. The molecule has 0 saturated heterocycles. The first-order chi connectivity index (χ1) is 16.4. The molecule has 8 rings (SSSR count). The maximum atomic E-state index is 3.62. The number of aromatic nitrogens is 2. The average Bonchev–Trinajstić information content (AvgIpc) is 3.52. The number of rotatable bonds is 1. The minimum absolute atomic E-state index is 1.18. The Balaban J connectivity index is 1.55. The van der Waals surface area contributed by atoms with Gasteiger partial charge in [-0.1, -0.05) is 54.6 Å². The summed E-state index contributed by atoms with van der Waals surface area (Å²) in [5, 5.41) is 7.85. The van der Waals surface area contributed by atoms with E-state index in [1.165, 1.54) is 69.5 Å². The zero-order chi connectivity index (χ0) is 21.5. The smallest absolute Gasteiger partial charge is 0.0548 e. The Labute approximate surface area is 193 Å². The molecule has 0 fully saturated rings. The van der Waals surface area contributed by atoms with Gasteiger partial charge in [0.2, 0.25) is 0 Å². The number of nitrogens with one attached hydrogen (secondary N) is 1. The first-order valence-corrected chi connectivity index (χ1v) is 12.0. The minimum atomic E-state index is 1.18. The van der Waals surface area contributed by atoms with E-state index in [1.54, 1.807) is 0 Å². The molecule has 8 aromatic rings. The molecule has 154 valence electrons. The Hall–Kier alpha value is -4.08. The lowest BCUT2D eigenvalue weighted by molar-refractivity contribution is 1.19. The van der Waals surface area contributed by atoms with Crippen LogP contribution in [0.1, 0.15) is 0 Å². The minimum Gasteiger partial charge on any atom is -0.354 e. The Morgan fingerprint density at radius 2 is 1.27 bits per heavy atom. The second-order valence-electron chi connectivity index (χ2n) is 8.68. The normalized spacial score (nSPS) is 12.2. The molecular weight excluding hydrogens is 420 g/mol. The summed E-state index contributed by atoms with van der Waals surface area (Å²) in [5.74, 6) is 0. The lowest BCUT2D eigenvalue weighted by atomic mass is 10.1. The highest BCUT2D eigenvalue weighted by Gasteiger charge is 2.17. The summed E-state index contributed by atoms with van der Waals surface area (Å²) in [6, 6.07) is 37.5. The lowest BCUT2D eigenvalue weighted by Crippen LogP contribution is -1.93. The molecule has 0 aliphatic heterocycles. The van der Waals surface area contributed by atoms with Gasteiger partial charge in [0, 0.05) is 58.4 Å². The number of nitrogens with zero attached hydrogens (tertiary/aromatic N) is 1. The van der Waals surface area contributed by atoms with Crippen molar-refractivity contribution in [1.82, 2.24) is 9.55 Å². The summed E-state index contributed by atoms with van der Waals surface area (Å²) in [6.07, 6.45) is 0. The molecule has 2 nitrogen and oxygen atoms in total. The number of para-hydroxylation sites is 2. The van der Waals surface area contributed by atoms with Crippen molar-refractivity contribution in [1.29, 1.82) is 0 Å². The van der Waals surface area contributed by atoms with Gasteiger partial charge >= 0.3 is 0 Å². The zero-order valence-electron chi connectivity index (χ0n) is 17.7. The Bertz CT molecular complexity index is 2030. The van der Waals surface area contributed by atoms with Crippen molar-refractivity contribution in [3.63, 3.8) is 0 Å². The maximum Gasteiger partial charge on any atom is 0.0548 e. The van der Waals surface area contributed by atoms with E-state index in [0.29, 0.717) is 0 Å². The monoisotopic (exact) mass is 438 g/mol. The first-order valence-electron chi connectivity index (χ1n) is 11.2. The van der Waals surface area contributed by atoms with E-state index in [0.717, 1.165) is 0 Å². The number of benzene rings is 5. The molecule has 5 aromatic carbocycles. The molecule has 0 spiro atoms. The lowest BCUT2D eigenvalue weighted by Gasteiger charge is -2.08. The Morgan fingerprint density at radius 1 is 0.515 bits per heavy atom. The summed E-state index contributed by atoms with van der Waals surface area (Å²) >= 11 is 1.87. The van der Waals surface area contributed by atoms with Crippen LogP contribution in [0.25, 0.3) is 69.5 Å². The van der Waals surface area contributed by atoms with Gasteiger partial charge < -0.3 is 9.55 Å². The molecule has 0 aliphatic rings. The molecule has 3 aromatic heterocycles. The van der Waals surface area contributed by atoms with Crippen molar-refractivity contribution in [2.24, 2.45) is 0 Å². The molecule has 33 heavy (non-hydrogen) atoms. The predicted molar refractivity (Wildman–Crippen MR) is 143 cm³/mol. The van der Waals surface area contributed by atoms with E-state index in [2.05, 4.69) is 113 Å². The van der Waals surface area contributed by atoms with Crippen LogP contribution >= 0.6 is 11.3 Å². The highest BCUT2D eigenvalue weighted by molar-refractivity contribution is 7.25. The quantitative estimate of drug-likeness (QED) is 0.264. The fourth-order valence-corrected chi connectivity index (χ4v) is 6.62. The van der Waals surface area contributed by atoms with E-state index < -0.39 is 0 Å². The van der Waals surface area contributed by atoms with Gasteiger partial charge in [-0.25, -0.2) is 0 Å². The van der Waals surface area contributed by atoms with Crippen LogP contribution in [0.2, 0.25) is 0 Å². The van der Waals surface area contributed by atoms with Crippen LogP contribution in [0.15, 0.2) is 103 Å². The van der Waals surface area contributed by atoms with E-state index in [-0.39, 0.29) is 0 Å². The average molecular weight is 439 g/mol. The predicted octanol–water partition coefficient (Wildman–Crippen LogP) is 8.79. The molecular formula is C30H18N2S. The highest BCUT2D eigenvalue weighted by Crippen LogP contribution is 2.41. The molecule has 1 N–H and O–H groups in total. The van der Waals surface area contributed by atoms with Crippen LogP contribution in [0.3, 0.4) is 0 Å². The number of hydrogen-bond acceptors (Lipinski definition) is 1. The topological polar surface area (TPSA) is 20.7 Å². The SMILES string of the molecule is c1ccc2c(c1)[nH]c1ccc3c(c4ccccc4n3-c3ccc4sc5ccccc5c4c3)c12. The Morgan fingerprint density at radius 3 is 2.21 bits per heavy atom. The second kappa shape index (κ2) is 6.25. The van der Waals surface area contributed by atoms with Crippen molar-refractivity contribution < 1.29 is 0 Å². The van der Waals surface area contributed by atoms with Crippen LogP contribution in [-0.2, 0) is 0 Å². The van der Waals surface area contributed by atoms with Gasteiger partial charge in [-0.3, -0.25) is 0 Å². The summed E-state index contributed by atoms with van der Waals surface area (Å²) in [7, 11) is 0. The Kier molecular flexibility index (Phi) is 3.31. The standard InChI is InChI=1S/C30H18N2S/c1-4-10-23-20(8-1)29-24(31-23)14-15-26-30(29)21-9-2-5-11-25(21)32(26)18-13-16-28-22(17-18)19-7-3-6-12-27(19)33-28/h1-17,31H. The molecule has 0 bridgehead atoms. The van der Waals surface area contributed by atoms with Crippen LogP contribution < -0.4 is 0 Å². The number of hydrogen-bond donors (Lipinski definition) is 1. The maximum absolute atomic E-state index is 3.62. The molecule has 3 heteroatoms. The molecule has 0 saturated carbocycles. The molecule has 0 atom stereocenters. The third-order valence-corrected chi connectivity index (χ3v) is 8.07. The van der Waals surface area contributed by atoms with Gasteiger partial charge in [0.1, 0.15) is 0 Å². The van der Waals surface area contributed by atoms with Crippen molar-refractivity contribution in [3.8, 4) is 5.69 Å². The van der Waals surface area contributed by atoms with Crippen LogP contribution in [0.4, 0.5) is 0 Å². The summed E-state index contributed by atoms with van der Waals surface area (Å²) < 4.78 is 5.10. The van der Waals surface area contributed by atoms with Crippen molar-refractivity contribution in [3.05, 3.63) is 103 Å². The third kappa shape index (κ3) is 2.27. The van der Waals surface area contributed by atoms with Gasteiger partial charge in [0.05, 0.1) is 11.0 Å². The largest absolute Gasteiger partial charge is 0.354 e. The van der Waals surface area contributed by atoms with Crippen molar-refractivity contribution in [2.45, 2.75) is 0 Å². The number of thiophene rings is 1. The number of aromatic amines is 1. The van der Waals surface area contributed by atoms with Crippen LogP contribution in [0, 0.1) is 0 Å². The van der Waals surface area contributed by atoms with Gasteiger partial charge in [-0.05, 0) is 48.5 Å². The molecule has 0 radical (unpaired) electrons. The van der Waals surface area contributed by atoms with Gasteiger partial charge in [0.15, 0.2) is 0 Å². The van der Waals surface area contributed by atoms with Gasteiger partial charge in [-0.2, -0.15) is 0 Å². The second-order valence-corrected chi connectivity index (χ2v) is 9.77. The number of fused-ring (bicyclic) bond motifs is 10.